The fourth-order valence-electron chi connectivity index (χ4n) is 3.43. The van der Waals surface area contributed by atoms with Crippen LogP contribution in [0.15, 0.2) is 18.2 Å². The van der Waals surface area contributed by atoms with Crippen LogP contribution < -0.4 is 10.6 Å². The maximum Gasteiger partial charge on any atom is 0.268 e. The van der Waals surface area contributed by atoms with Gasteiger partial charge in [-0.1, -0.05) is 18.3 Å². The first-order valence-electron chi connectivity index (χ1n) is 8.58. The number of aromatic nitrogens is 2. The number of anilines is 1. The third-order valence-electron chi connectivity index (χ3n) is 4.73. The van der Waals surface area contributed by atoms with Crippen molar-refractivity contribution in [2.75, 3.05) is 11.9 Å². The summed E-state index contributed by atoms with van der Waals surface area (Å²) in [7, 11) is 0. The van der Waals surface area contributed by atoms with E-state index in [-0.39, 0.29) is 23.5 Å². The van der Waals surface area contributed by atoms with Crippen LogP contribution in [0.1, 0.15) is 61.5 Å². The lowest BCUT2D eigenvalue weighted by Crippen LogP contribution is -2.33. The first kappa shape index (κ1) is 17.4. The van der Waals surface area contributed by atoms with Gasteiger partial charge in [-0.05, 0) is 30.7 Å². The highest BCUT2D eigenvalue weighted by Gasteiger charge is 2.27. The van der Waals surface area contributed by atoms with Crippen molar-refractivity contribution in [3.8, 4) is 0 Å². The molecule has 0 saturated carbocycles. The van der Waals surface area contributed by atoms with E-state index in [1.54, 1.807) is 25.1 Å². The van der Waals surface area contributed by atoms with Crippen molar-refractivity contribution in [3.05, 3.63) is 45.6 Å². The molecule has 1 aliphatic heterocycles. The molecule has 0 fully saturated rings. The number of hydrogen-bond donors (Lipinski definition) is 3. The van der Waals surface area contributed by atoms with Gasteiger partial charge < -0.3 is 10.3 Å². The quantitative estimate of drug-likeness (QED) is 0.605. The van der Waals surface area contributed by atoms with Gasteiger partial charge in [0.25, 0.3) is 11.8 Å². The minimum absolute atomic E-state index is 0.0712. The molecular weight excluding hydrogens is 364 g/mol. The van der Waals surface area contributed by atoms with E-state index in [0.717, 1.165) is 16.5 Å². The van der Waals surface area contributed by atoms with E-state index in [1.165, 1.54) is 18.3 Å². The van der Waals surface area contributed by atoms with Crippen molar-refractivity contribution in [3.63, 3.8) is 0 Å². The predicted octanol–water partition coefficient (Wildman–Crippen LogP) is 3.23. The van der Waals surface area contributed by atoms with Gasteiger partial charge >= 0.3 is 0 Å². The van der Waals surface area contributed by atoms with Crippen LogP contribution in [0.25, 0.3) is 10.9 Å². The second-order valence-corrected chi connectivity index (χ2v) is 7.73. The number of H-pyrrole nitrogens is 1. The second-order valence-electron chi connectivity index (χ2n) is 6.73. The largest absolute Gasteiger partial charge is 0.350 e. The first-order chi connectivity index (χ1) is 12.8. The Morgan fingerprint density at radius 1 is 1.33 bits per heavy atom. The van der Waals surface area contributed by atoms with Crippen LogP contribution in [-0.4, -0.2) is 34.1 Å². The number of rotatable bonds is 3. The Bertz CT molecular complexity index is 1110. The average Bonchev–Trinajstić information content (AvgIpc) is 3.18. The highest BCUT2D eigenvalue weighted by atomic mass is 32.1. The molecule has 2 aromatic heterocycles. The van der Waals surface area contributed by atoms with Crippen molar-refractivity contribution in [1.82, 2.24) is 15.3 Å². The highest BCUT2D eigenvalue weighted by molar-refractivity contribution is 7.17. The van der Waals surface area contributed by atoms with Crippen molar-refractivity contribution < 1.29 is 14.4 Å². The molecule has 4 rings (SSSR count). The number of nitrogens with zero attached hydrogens (tertiary/aromatic N) is 1. The summed E-state index contributed by atoms with van der Waals surface area (Å²) in [5, 5.41) is 6.88. The number of amides is 2. The Hall–Kier alpha value is -3.00. The van der Waals surface area contributed by atoms with E-state index in [0.29, 0.717) is 33.5 Å². The lowest BCUT2D eigenvalue weighted by molar-refractivity contribution is 0.0936. The van der Waals surface area contributed by atoms with E-state index in [1.807, 2.05) is 6.92 Å². The summed E-state index contributed by atoms with van der Waals surface area (Å²) in [6, 6.07) is 5.30. The summed E-state index contributed by atoms with van der Waals surface area (Å²) in [6.45, 7) is 5.83. The zero-order valence-electron chi connectivity index (χ0n) is 15.1. The molecule has 8 heteroatoms. The molecule has 0 saturated heterocycles. The van der Waals surface area contributed by atoms with Crippen molar-refractivity contribution in [2.45, 2.75) is 26.7 Å². The number of fused-ring (bicyclic) bond motifs is 3. The molecule has 138 valence electrons. The van der Waals surface area contributed by atoms with Gasteiger partial charge in [0.05, 0.1) is 10.6 Å². The van der Waals surface area contributed by atoms with Crippen LogP contribution >= 0.6 is 11.3 Å². The van der Waals surface area contributed by atoms with Crippen molar-refractivity contribution in [1.29, 1.82) is 0 Å². The van der Waals surface area contributed by atoms with Gasteiger partial charge in [-0.3, -0.25) is 19.7 Å². The zero-order valence-corrected chi connectivity index (χ0v) is 15.9. The standard InChI is InChI=1S/C19H18N4O3S/c1-8-7-20-18(26)15-14(8)12-6-11(4-5-13(12)22-15)17(25)23-19-21-9(2)16(27-19)10(3)24/h4-6,8,22H,7H2,1-3H3,(H,20,26)(H,21,23,25). The zero-order chi connectivity index (χ0) is 19.3. The van der Waals surface area contributed by atoms with Gasteiger partial charge in [-0.25, -0.2) is 4.98 Å². The van der Waals surface area contributed by atoms with Crippen LogP contribution in [0.2, 0.25) is 0 Å². The minimum atomic E-state index is -0.302. The Morgan fingerprint density at radius 3 is 2.81 bits per heavy atom. The number of hydrogen-bond acceptors (Lipinski definition) is 5. The molecule has 0 aliphatic carbocycles. The van der Waals surface area contributed by atoms with Gasteiger partial charge in [-0.2, -0.15) is 0 Å². The summed E-state index contributed by atoms with van der Waals surface area (Å²) in [5.74, 6) is -0.341. The number of aryl methyl sites for hydroxylation is 1. The summed E-state index contributed by atoms with van der Waals surface area (Å²) < 4.78 is 0. The summed E-state index contributed by atoms with van der Waals surface area (Å²) in [4.78, 5) is 44.3. The molecule has 3 N–H and O–H groups in total. The van der Waals surface area contributed by atoms with Crippen molar-refractivity contribution in [2.24, 2.45) is 0 Å². The molecule has 27 heavy (non-hydrogen) atoms. The Labute approximate surface area is 159 Å². The summed E-state index contributed by atoms with van der Waals surface area (Å²) in [5.41, 5.74) is 3.40. The number of aromatic amines is 1. The van der Waals surface area contributed by atoms with Gasteiger partial charge in [0.1, 0.15) is 5.69 Å². The molecule has 1 aromatic carbocycles. The van der Waals surface area contributed by atoms with E-state index < -0.39 is 0 Å². The van der Waals surface area contributed by atoms with E-state index in [9.17, 15) is 14.4 Å². The topological polar surface area (TPSA) is 104 Å². The van der Waals surface area contributed by atoms with Crippen LogP contribution in [-0.2, 0) is 0 Å². The maximum absolute atomic E-state index is 12.7. The Morgan fingerprint density at radius 2 is 2.11 bits per heavy atom. The number of ketones is 1. The first-order valence-corrected chi connectivity index (χ1v) is 9.40. The molecule has 0 spiro atoms. The Balaban J connectivity index is 1.69. The third kappa shape index (κ3) is 2.91. The van der Waals surface area contributed by atoms with Crippen LogP contribution in [0.4, 0.5) is 5.13 Å². The van der Waals surface area contributed by atoms with Gasteiger partial charge in [0.15, 0.2) is 10.9 Å². The molecule has 0 radical (unpaired) electrons. The molecular formula is C19H18N4O3S. The summed E-state index contributed by atoms with van der Waals surface area (Å²) >= 11 is 1.17. The second kappa shape index (κ2) is 6.31. The van der Waals surface area contributed by atoms with Crippen LogP contribution in [0, 0.1) is 6.92 Å². The predicted molar refractivity (Wildman–Crippen MR) is 104 cm³/mol. The van der Waals surface area contributed by atoms with Crippen LogP contribution in [0.3, 0.4) is 0 Å². The number of carbonyl (C=O) groups is 3. The number of Topliss-reactive ketones (excluding diaryl/α,β-unsaturated/α-hetero) is 1. The molecule has 3 heterocycles. The molecule has 7 nitrogen and oxygen atoms in total. The Kier molecular flexibility index (Phi) is 4.07. The highest BCUT2D eigenvalue weighted by Crippen LogP contribution is 2.32. The molecule has 0 bridgehead atoms. The van der Waals surface area contributed by atoms with E-state index >= 15 is 0 Å². The number of carbonyl (C=O) groups excluding carboxylic acids is 3. The summed E-state index contributed by atoms with van der Waals surface area (Å²) in [6.07, 6.45) is 0. The SMILES string of the molecule is CC(=O)c1sc(NC(=O)c2ccc3[nH]c4c(c3c2)C(C)CNC4=O)nc1C. The fourth-order valence-corrected chi connectivity index (χ4v) is 4.28. The number of nitrogens with one attached hydrogen (secondary N) is 3. The lowest BCUT2D eigenvalue weighted by Gasteiger charge is -2.19. The van der Waals surface area contributed by atoms with E-state index in [2.05, 4.69) is 20.6 Å². The van der Waals surface area contributed by atoms with E-state index in [4.69, 9.17) is 0 Å². The van der Waals surface area contributed by atoms with Gasteiger partial charge in [0, 0.05) is 35.9 Å². The van der Waals surface area contributed by atoms with Crippen molar-refractivity contribution >= 4 is 45.0 Å². The third-order valence-corrected chi connectivity index (χ3v) is 5.90. The molecule has 1 aliphatic rings. The number of benzene rings is 1. The van der Waals surface area contributed by atoms with Crippen LogP contribution in [0.5, 0.6) is 0 Å². The normalized spacial score (nSPS) is 16.1. The minimum Gasteiger partial charge on any atom is -0.350 e. The maximum atomic E-state index is 12.7. The molecule has 2 amide bonds. The molecule has 1 unspecified atom stereocenters. The smallest absolute Gasteiger partial charge is 0.268 e. The lowest BCUT2D eigenvalue weighted by atomic mass is 9.93. The molecule has 1 atom stereocenters. The number of thiazole rings is 1. The van der Waals surface area contributed by atoms with Gasteiger partial charge in [0.2, 0.25) is 0 Å². The average molecular weight is 382 g/mol. The molecule has 3 aromatic rings. The fraction of sp³-hybridized carbons (Fsp3) is 0.263. The monoisotopic (exact) mass is 382 g/mol. The van der Waals surface area contributed by atoms with Gasteiger partial charge in [-0.15, -0.1) is 0 Å².